The molecule has 2 aromatic carbocycles. The van der Waals surface area contributed by atoms with Crippen LogP contribution in [0.2, 0.25) is 0 Å². The number of nitrogens with one attached hydrogen (secondary N) is 1. The van der Waals surface area contributed by atoms with Gasteiger partial charge < -0.3 is 5.32 Å². The Morgan fingerprint density at radius 1 is 0.829 bits per heavy atom. The van der Waals surface area contributed by atoms with E-state index in [-0.39, 0.29) is 11.5 Å². The predicted octanol–water partition coefficient (Wildman–Crippen LogP) is 5.48. The summed E-state index contributed by atoms with van der Waals surface area (Å²) in [6, 6.07) is 26.3. The second-order valence-electron chi connectivity index (χ2n) is 9.32. The molecule has 0 fully saturated rings. The van der Waals surface area contributed by atoms with Crippen LogP contribution in [-0.4, -0.2) is 30.4 Å². The molecule has 0 unspecified atom stereocenters. The first-order valence-corrected chi connectivity index (χ1v) is 13.0. The van der Waals surface area contributed by atoms with E-state index in [1.54, 1.807) is 47.7 Å². The number of carbonyl (C=O) groups is 1. The largest absolute Gasteiger partial charge is 0.322 e. The van der Waals surface area contributed by atoms with Crippen LogP contribution >= 0.6 is 0 Å². The number of benzene rings is 2. The van der Waals surface area contributed by atoms with Gasteiger partial charge in [-0.25, -0.2) is 9.97 Å². The minimum absolute atomic E-state index is 0.237. The molecule has 0 saturated heterocycles. The normalized spacial score (nSPS) is 11.1. The molecule has 0 aliphatic carbocycles. The van der Waals surface area contributed by atoms with Crippen LogP contribution in [-0.2, 0) is 11.2 Å². The van der Waals surface area contributed by atoms with Crippen LogP contribution in [0, 0.1) is 0 Å². The second kappa shape index (κ2) is 11.5. The molecule has 198 valence electrons. The predicted molar refractivity (Wildman–Crippen MR) is 160 cm³/mol. The van der Waals surface area contributed by atoms with Gasteiger partial charge in [-0.1, -0.05) is 30.3 Å². The SMILES string of the molecule is O=C(C=Cc1ccncc1)Nc1cccc(-c2cccc(-n3c(=O)c(Cc4cccnc4)nc4cccnc43)c2)c1. The zero-order valence-electron chi connectivity index (χ0n) is 21.9. The Bertz CT molecular complexity index is 1940. The van der Waals surface area contributed by atoms with E-state index in [2.05, 4.69) is 25.3 Å². The van der Waals surface area contributed by atoms with Crippen molar-refractivity contribution >= 4 is 28.8 Å². The number of fused-ring (bicyclic) bond motifs is 1. The molecule has 8 nitrogen and oxygen atoms in total. The maximum absolute atomic E-state index is 13.8. The molecule has 6 rings (SSSR count). The molecule has 0 saturated carbocycles. The van der Waals surface area contributed by atoms with Crippen molar-refractivity contribution in [3.05, 3.63) is 149 Å². The minimum Gasteiger partial charge on any atom is -0.322 e. The third-order valence-electron chi connectivity index (χ3n) is 6.48. The van der Waals surface area contributed by atoms with Gasteiger partial charge in [0, 0.05) is 49.2 Å². The number of hydrogen-bond acceptors (Lipinski definition) is 6. The van der Waals surface area contributed by atoms with E-state index in [0.29, 0.717) is 34.7 Å². The molecule has 0 radical (unpaired) electrons. The average Bonchev–Trinajstić information content (AvgIpc) is 3.02. The summed E-state index contributed by atoms with van der Waals surface area (Å²) in [5.74, 6) is -0.241. The Morgan fingerprint density at radius 2 is 1.63 bits per heavy atom. The highest BCUT2D eigenvalue weighted by Gasteiger charge is 2.15. The zero-order valence-corrected chi connectivity index (χ0v) is 21.9. The molecule has 41 heavy (non-hydrogen) atoms. The lowest BCUT2D eigenvalue weighted by atomic mass is 10.0. The molecule has 4 heterocycles. The second-order valence-corrected chi connectivity index (χ2v) is 9.32. The summed E-state index contributed by atoms with van der Waals surface area (Å²) in [6.45, 7) is 0. The van der Waals surface area contributed by atoms with Crippen LogP contribution in [0.15, 0.2) is 127 Å². The van der Waals surface area contributed by atoms with E-state index in [4.69, 9.17) is 0 Å². The summed E-state index contributed by atoms with van der Waals surface area (Å²) in [4.78, 5) is 43.6. The van der Waals surface area contributed by atoms with Crippen molar-refractivity contribution in [1.29, 1.82) is 0 Å². The van der Waals surface area contributed by atoms with Gasteiger partial charge in [-0.05, 0) is 82.9 Å². The zero-order chi connectivity index (χ0) is 28.0. The van der Waals surface area contributed by atoms with Gasteiger partial charge in [0.05, 0.1) is 5.69 Å². The van der Waals surface area contributed by atoms with Crippen LogP contribution in [0.5, 0.6) is 0 Å². The average molecular weight is 537 g/mol. The number of pyridine rings is 3. The third kappa shape index (κ3) is 5.81. The van der Waals surface area contributed by atoms with Gasteiger partial charge in [0.25, 0.3) is 5.56 Å². The van der Waals surface area contributed by atoms with Crippen molar-refractivity contribution < 1.29 is 4.79 Å². The molecule has 1 N–H and O–H groups in total. The van der Waals surface area contributed by atoms with Crippen LogP contribution in [0.1, 0.15) is 16.8 Å². The molecule has 0 atom stereocenters. The van der Waals surface area contributed by atoms with Gasteiger partial charge in [-0.2, -0.15) is 0 Å². The lowest BCUT2D eigenvalue weighted by molar-refractivity contribution is -0.111. The highest BCUT2D eigenvalue weighted by molar-refractivity contribution is 6.02. The summed E-state index contributed by atoms with van der Waals surface area (Å²) in [5.41, 5.74) is 6.16. The third-order valence-corrected chi connectivity index (χ3v) is 6.48. The standard InChI is InChI=1S/C33H24N6O2/c40-31(12-11-23-13-17-34-18-14-23)37-27-8-1-6-25(20-27)26-7-2-9-28(21-26)39-32-29(10-4-16-36-32)38-30(33(39)41)19-24-5-3-15-35-22-24/h1-18,20-22H,19H2,(H,37,40). The fraction of sp³-hybridized carbons (Fsp3) is 0.0303. The van der Waals surface area contributed by atoms with Crippen molar-refractivity contribution in [2.24, 2.45) is 0 Å². The molecule has 4 aromatic heterocycles. The first kappa shape index (κ1) is 25.5. The number of hydrogen-bond donors (Lipinski definition) is 1. The lowest BCUT2D eigenvalue weighted by Gasteiger charge is -2.13. The number of nitrogens with zero attached hydrogens (tertiary/aromatic N) is 5. The molecule has 0 aliphatic rings. The van der Waals surface area contributed by atoms with Crippen LogP contribution in [0.25, 0.3) is 34.1 Å². The summed E-state index contributed by atoms with van der Waals surface area (Å²) in [6.07, 6.45) is 12.0. The van der Waals surface area contributed by atoms with Gasteiger partial charge in [-0.3, -0.25) is 24.1 Å². The first-order chi connectivity index (χ1) is 20.1. The number of carbonyl (C=O) groups excluding carboxylic acids is 1. The van der Waals surface area contributed by atoms with Crippen molar-refractivity contribution in [3.63, 3.8) is 0 Å². The molecule has 1 amide bonds. The fourth-order valence-electron chi connectivity index (χ4n) is 4.55. The Balaban J connectivity index is 1.33. The van der Waals surface area contributed by atoms with Gasteiger partial charge in [-0.15, -0.1) is 0 Å². The van der Waals surface area contributed by atoms with Gasteiger partial charge in [0.2, 0.25) is 5.91 Å². The summed E-state index contributed by atoms with van der Waals surface area (Å²) < 4.78 is 1.60. The topological polar surface area (TPSA) is 103 Å². The number of anilines is 1. The number of amides is 1. The first-order valence-electron chi connectivity index (χ1n) is 13.0. The highest BCUT2D eigenvalue weighted by atomic mass is 16.1. The van der Waals surface area contributed by atoms with Gasteiger partial charge >= 0.3 is 0 Å². The maximum Gasteiger partial charge on any atom is 0.278 e. The minimum atomic E-state index is -0.241. The van der Waals surface area contributed by atoms with Crippen molar-refractivity contribution in [2.45, 2.75) is 6.42 Å². The molecule has 8 heteroatoms. The van der Waals surface area contributed by atoms with E-state index in [1.165, 1.54) is 6.08 Å². The smallest absolute Gasteiger partial charge is 0.278 e. The fourth-order valence-corrected chi connectivity index (χ4v) is 4.55. The molecule has 0 spiro atoms. The van der Waals surface area contributed by atoms with Crippen molar-refractivity contribution in [1.82, 2.24) is 24.5 Å². The van der Waals surface area contributed by atoms with Gasteiger partial charge in [0.1, 0.15) is 11.2 Å². The molecule has 6 aromatic rings. The van der Waals surface area contributed by atoms with E-state index < -0.39 is 0 Å². The number of aromatic nitrogens is 5. The molecule has 0 bridgehead atoms. The summed E-state index contributed by atoms with van der Waals surface area (Å²) >= 11 is 0. The maximum atomic E-state index is 13.8. The number of rotatable bonds is 7. The Labute approximate surface area is 235 Å². The summed E-state index contributed by atoms with van der Waals surface area (Å²) in [5, 5.41) is 2.91. The van der Waals surface area contributed by atoms with Crippen LogP contribution in [0.3, 0.4) is 0 Å². The van der Waals surface area contributed by atoms with E-state index in [0.717, 1.165) is 22.3 Å². The van der Waals surface area contributed by atoms with Crippen LogP contribution < -0.4 is 10.9 Å². The van der Waals surface area contributed by atoms with E-state index in [1.807, 2.05) is 78.9 Å². The summed E-state index contributed by atoms with van der Waals surface area (Å²) in [7, 11) is 0. The van der Waals surface area contributed by atoms with Crippen molar-refractivity contribution in [2.75, 3.05) is 5.32 Å². The Kier molecular flexibility index (Phi) is 7.19. The Morgan fingerprint density at radius 3 is 2.46 bits per heavy atom. The van der Waals surface area contributed by atoms with Gasteiger partial charge in [0.15, 0.2) is 5.65 Å². The lowest BCUT2D eigenvalue weighted by Crippen LogP contribution is -2.25. The van der Waals surface area contributed by atoms with Crippen molar-refractivity contribution in [3.8, 4) is 16.8 Å². The van der Waals surface area contributed by atoms with Crippen LogP contribution in [0.4, 0.5) is 5.69 Å². The monoisotopic (exact) mass is 536 g/mol. The Hall–Kier alpha value is -5.76. The molecular formula is C33H24N6O2. The molecular weight excluding hydrogens is 512 g/mol. The quantitative estimate of drug-likeness (QED) is 0.271. The van der Waals surface area contributed by atoms with E-state index >= 15 is 0 Å². The molecule has 0 aliphatic heterocycles. The van der Waals surface area contributed by atoms with E-state index in [9.17, 15) is 9.59 Å². The highest BCUT2D eigenvalue weighted by Crippen LogP contribution is 2.26.